The summed E-state index contributed by atoms with van der Waals surface area (Å²) in [5.41, 5.74) is 4.30. The Kier molecular flexibility index (Phi) is 6.22. The Morgan fingerprint density at radius 3 is 2.71 bits per heavy atom. The minimum atomic E-state index is -0.386. The van der Waals surface area contributed by atoms with Gasteiger partial charge in [-0.2, -0.15) is 5.26 Å². The zero-order valence-corrected chi connectivity index (χ0v) is 22.5. The second-order valence-corrected chi connectivity index (χ2v) is 10.7. The summed E-state index contributed by atoms with van der Waals surface area (Å²) in [4.78, 5) is 24.3. The lowest BCUT2D eigenvalue weighted by atomic mass is 9.98. The van der Waals surface area contributed by atoms with Crippen LogP contribution in [-0.2, 0) is 18.3 Å². The number of nitrogens with zero attached hydrogens (tertiary/aromatic N) is 7. The number of aromatic amines is 1. The van der Waals surface area contributed by atoms with Crippen LogP contribution in [-0.4, -0.2) is 60.5 Å². The van der Waals surface area contributed by atoms with Gasteiger partial charge in [0.2, 0.25) is 0 Å². The smallest absolute Gasteiger partial charge is 0.280 e. The maximum absolute atomic E-state index is 14.4. The minimum Gasteiger partial charge on any atom is -0.379 e. The van der Waals surface area contributed by atoms with Gasteiger partial charge in [-0.3, -0.25) is 14.3 Å². The van der Waals surface area contributed by atoms with E-state index in [9.17, 15) is 14.4 Å². The summed E-state index contributed by atoms with van der Waals surface area (Å²) in [7, 11) is 1.81. The highest BCUT2D eigenvalue weighted by molar-refractivity contribution is 5.86. The lowest BCUT2D eigenvalue weighted by Crippen LogP contribution is -2.35. The van der Waals surface area contributed by atoms with Gasteiger partial charge in [-0.1, -0.05) is 6.07 Å². The number of morpholine rings is 1. The summed E-state index contributed by atoms with van der Waals surface area (Å²) < 4.78 is 23.0. The molecule has 0 bridgehead atoms. The maximum atomic E-state index is 14.4. The molecule has 5 aromatic rings. The van der Waals surface area contributed by atoms with Crippen LogP contribution < -0.4 is 5.56 Å². The number of ether oxygens (including phenoxy) is 1. The molecule has 1 aromatic carbocycles. The van der Waals surface area contributed by atoms with Crippen molar-refractivity contribution < 1.29 is 9.13 Å². The van der Waals surface area contributed by atoms with Crippen molar-refractivity contribution >= 4 is 10.9 Å². The number of H-pyrrole nitrogens is 1. The second-order valence-electron chi connectivity index (χ2n) is 10.7. The summed E-state index contributed by atoms with van der Waals surface area (Å²) >= 11 is 0. The Morgan fingerprint density at radius 1 is 1.15 bits per heavy atom. The van der Waals surface area contributed by atoms with Crippen molar-refractivity contribution in [3.8, 4) is 34.4 Å². The summed E-state index contributed by atoms with van der Waals surface area (Å²) in [6.45, 7) is 3.61. The molecule has 0 radical (unpaired) electrons. The molecule has 2 aliphatic rings. The van der Waals surface area contributed by atoms with Crippen LogP contribution in [0.15, 0.2) is 53.7 Å². The average Bonchev–Trinajstić information content (AvgIpc) is 3.62. The van der Waals surface area contributed by atoms with Gasteiger partial charge in [0.25, 0.3) is 5.56 Å². The van der Waals surface area contributed by atoms with Crippen LogP contribution in [0.5, 0.6) is 0 Å². The number of aromatic nitrogens is 6. The first-order valence-corrected chi connectivity index (χ1v) is 13.6. The highest BCUT2D eigenvalue weighted by Crippen LogP contribution is 2.42. The van der Waals surface area contributed by atoms with E-state index in [4.69, 9.17) is 9.72 Å². The number of hydrogen-bond acceptors (Lipinski definition) is 7. The fourth-order valence-electron chi connectivity index (χ4n) is 5.50. The molecule has 4 aromatic heterocycles. The third-order valence-corrected chi connectivity index (χ3v) is 7.79. The largest absolute Gasteiger partial charge is 0.379 e. The number of fused-ring (bicyclic) bond motifs is 1. The van der Waals surface area contributed by atoms with E-state index in [1.165, 1.54) is 16.7 Å². The number of pyridine rings is 2. The molecule has 2 fully saturated rings. The van der Waals surface area contributed by atoms with E-state index in [0.717, 1.165) is 48.4 Å². The molecule has 1 saturated heterocycles. The lowest BCUT2D eigenvalue weighted by Gasteiger charge is -2.25. The fourth-order valence-corrected chi connectivity index (χ4v) is 5.50. The Balaban J connectivity index is 1.37. The first-order chi connectivity index (χ1) is 20.0. The standard InChI is InChI=1S/C30H27FN8O2/c1-37-17-33-36-29(37)25-12-21(31)4-5-23(25)19-10-26(18-2-3-18)35-27(11-19)39-15-20(14-32)24-13-22(34-28(24)30(39)40)16-38-6-8-41-9-7-38/h4-5,10-13,15,17-18,34H,2-3,6-9,16H2,1H3. The van der Waals surface area contributed by atoms with Gasteiger partial charge < -0.3 is 14.3 Å². The van der Waals surface area contributed by atoms with E-state index in [-0.39, 0.29) is 17.3 Å². The van der Waals surface area contributed by atoms with Gasteiger partial charge in [0, 0.05) is 61.1 Å². The van der Waals surface area contributed by atoms with Gasteiger partial charge in [-0.15, -0.1) is 10.2 Å². The predicted molar refractivity (Wildman–Crippen MR) is 150 cm³/mol. The number of aryl methyl sites for hydroxylation is 1. The SMILES string of the molecule is Cn1cnnc1-c1cc(F)ccc1-c1cc(C2CC2)nc(-n2cc(C#N)c3cc(CN4CCOCC4)[nH]c3c2=O)c1. The van der Waals surface area contributed by atoms with E-state index in [0.29, 0.717) is 53.4 Å². The number of nitrogens with one attached hydrogen (secondary N) is 1. The van der Waals surface area contributed by atoms with E-state index < -0.39 is 0 Å². The number of nitriles is 1. The molecule has 0 atom stereocenters. The highest BCUT2D eigenvalue weighted by atomic mass is 19.1. The number of halogens is 1. The quantitative estimate of drug-likeness (QED) is 0.341. The van der Waals surface area contributed by atoms with Crippen LogP contribution in [0.3, 0.4) is 0 Å². The van der Waals surface area contributed by atoms with Crippen LogP contribution >= 0.6 is 0 Å². The first-order valence-electron chi connectivity index (χ1n) is 13.6. The highest BCUT2D eigenvalue weighted by Gasteiger charge is 2.27. The van der Waals surface area contributed by atoms with E-state index in [1.807, 2.05) is 18.2 Å². The third-order valence-electron chi connectivity index (χ3n) is 7.79. The monoisotopic (exact) mass is 550 g/mol. The molecule has 41 heavy (non-hydrogen) atoms. The number of rotatable bonds is 6. The van der Waals surface area contributed by atoms with E-state index in [2.05, 4.69) is 26.2 Å². The normalized spacial score (nSPS) is 15.8. The molecule has 206 valence electrons. The number of benzene rings is 1. The summed E-state index contributed by atoms with van der Waals surface area (Å²) in [6.07, 6.45) is 5.15. The molecule has 0 spiro atoms. The van der Waals surface area contributed by atoms with Gasteiger partial charge in [0.05, 0.1) is 18.8 Å². The van der Waals surface area contributed by atoms with Crippen molar-refractivity contribution in [1.82, 2.24) is 34.2 Å². The summed E-state index contributed by atoms with van der Waals surface area (Å²) in [5.74, 6) is 0.831. The molecule has 1 saturated carbocycles. The van der Waals surface area contributed by atoms with Gasteiger partial charge >= 0.3 is 0 Å². The second kappa shape index (κ2) is 10.1. The molecule has 7 rings (SSSR count). The van der Waals surface area contributed by atoms with Crippen LogP contribution in [0.25, 0.3) is 39.2 Å². The molecule has 1 N–H and O–H groups in total. The molecular weight excluding hydrogens is 523 g/mol. The van der Waals surface area contributed by atoms with E-state index in [1.54, 1.807) is 30.2 Å². The predicted octanol–water partition coefficient (Wildman–Crippen LogP) is 3.90. The van der Waals surface area contributed by atoms with Crippen LogP contribution in [0.2, 0.25) is 0 Å². The Bertz CT molecular complexity index is 1890. The van der Waals surface area contributed by atoms with E-state index >= 15 is 0 Å². The Labute approximate surface area is 234 Å². The summed E-state index contributed by atoms with van der Waals surface area (Å²) in [5, 5.41) is 18.8. The minimum absolute atomic E-state index is 0.285. The van der Waals surface area contributed by atoms with Gasteiger partial charge in [0.1, 0.15) is 29.5 Å². The molecule has 5 heterocycles. The molecular formula is C30H27FN8O2. The van der Waals surface area contributed by atoms with Gasteiger partial charge in [-0.25, -0.2) is 9.37 Å². The van der Waals surface area contributed by atoms with Crippen LogP contribution in [0, 0.1) is 17.1 Å². The van der Waals surface area contributed by atoms with Crippen molar-refractivity contribution in [2.75, 3.05) is 26.3 Å². The van der Waals surface area contributed by atoms with Crippen LogP contribution in [0.4, 0.5) is 4.39 Å². The van der Waals surface area contributed by atoms with Crippen molar-refractivity contribution in [2.45, 2.75) is 25.3 Å². The molecule has 1 aliphatic heterocycles. The zero-order valence-electron chi connectivity index (χ0n) is 22.5. The summed E-state index contributed by atoms with van der Waals surface area (Å²) in [6, 6.07) is 12.5. The Morgan fingerprint density at radius 2 is 1.98 bits per heavy atom. The fraction of sp³-hybridized carbons (Fsp3) is 0.300. The third kappa shape index (κ3) is 4.71. The zero-order chi connectivity index (χ0) is 28.1. The molecule has 11 heteroatoms. The average molecular weight is 551 g/mol. The Hall–Kier alpha value is -4.66. The van der Waals surface area contributed by atoms with Crippen LogP contribution in [0.1, 0.15) is 35.7 Å². The lowest BCUT2D eigenvalue weighted by molar-refractivity contribution is 0.0337. The first kappa shape index (κ1) is 25.3. The van der Waals surface area contributed by atoms with Gasteiger partial charge in [-0.05, 0) is 54.3 Å². The topological polar surface area (TPSA) is 118 Å². The molecule has 0 unspecified atom stereocenters. The molecule has 0 amide bonds. The molecule has 1 aliphatic carbocycles. The van der Waals surface area contributed by atoms with Crippen molar-refractivity contribution in [2.24, 2.45) is 7.05 Å². The van der Waals surface area contributed by atoms with Crippen molar-refractivity contribution in [1.29, 1.82) is 5.26 Å². The van der Waals surface area contributed by atoms with Crippen molar-refractivity contribution in [3.05, 3.63) is 82.0 Å². The van der Waals surface area contributed by atoms with Gasteiger partial charge in [0.15, 0.2) is 5.82 Å². The molecule has 10 nitrogen and oxygen atoms in total. The number of hydrogen-bond donors (Lipinski definition) is 1. The maximum Gasteiger partial charge on any atom is 0.280 e. The van der Waals surface area contributed by atoms with Crippen molar-refractivity contribution in [3.63, 3.8) is 0 Å².